The normalized spacial score (nSPS) is 10.8. The molecule has 0 atom stereocenters. The van der Waals surface area contributed by atoms with Gasteiger partial charge in [-0.15, -0.1) is 0 Å². The van der Waals surface area contributed by atoms with Crippen LogP contribution in [-0.2, 0) is 19.6 Å². The molecule has 0 aliphatic heterocycles. The second kappa shape index (κ2) is 8.22. The maximum absolute atomic E-state index is 12.6. The van der Waals surface area contributed by atoms with Gasteiger partial charge in [0.05, 0.1) is 23.0 Å². The molecular formula is C18H19ClN6O3. The van der Waals surface area contributed by atoms with E-state index in [1.54, 1.807) is 47.1 Å². The molecule has 0 saturated carbocycles. The zero-order valence-corrected chi connectivity index (χ0v) is 16.2. The summed E-state index contributed by atoms with van der Waals surface area (Å²) in [6.45, 7) is 3.36. The fourth-order valence-corrected chi connectivity index (χ4v) is 2.91. The third-order valence-corrected chi connectivity index (χ3v) is 4.54. The topological polar surface area (TPSA) is 99.1 Å². The first-order valence-corrected chi connectivity index (χ1v) is 8.98. The summed E-state index contributed by atoms with van der Waals surface area (Å²) < 4.78 is 3.21. The molecule has 0 N–H and O–H groups in total. The number of hydrogen-bond acceptors (Lipinski definition) is 5. The van der Waals surface area contributed by atoms with Gasteiger partial charge in [-0.3, -0.25) is 24.3 Å². The van der Waals surface area contributed by atoms with E-state index in [2.05, 4.69) is 10.2 Å². The molecule has 3 aromatic rings. The molecule has 0 fully saturated rings. The van der Waals surface area contributed by atoms with Crippen molar-refractivity contribution in [3.8, 4) is 0 Å². The van der Waals surface area contributed by atoms with Gasteiger partial charge in [-0.1, -0.05) is 23.7 Å². The molecule has 2 heterocycles. The van der Waals surface area contributed by atoms with E-state index in [1.165, 1.54) is 17.1 Å². The van der Waals surface area contributed by atoms with Gasteiger partial charge < -0.3 is 4.90 Å². The number of halogens is 1. The Hall–Kier alpha value is -3.20. The van der Waals surface area contributed by atoms with Crippen LogP contribution in [0.5, 0.6) is 0 Å². The number of aryl methyl sites for hydroxylation is 1. The number of nitro groups is 1. The Kier molecular flexibility index (Phi) is 5.74. The second-order valence-corrected chi connectivity index (χ2v) is 6.70. The quantitative estimate of drug-likeness (QED) is 0.447. The molecule has 0 bridgehead atoms. The molecule has 0 saturated heterocycles. The summed E-state index contributed by atoms with van der Waals surface area (Å²) in [5.74, 6) is -0.150. The summed E-state index contributed by atoms with van der Waals surface area (Å²) >= 11 is 6.17. The van der Waals surface area contributed by atoms with Crippen LogP contribution < -0.4 is 0 Å². The third kappa shape index (κ3) is 4.37. The van der Waals surface area contributed by atoms with Crippen molar-refractivity contribution < 1.29 is 9.72 Å². The smallest absolute Gasteiger partial charge is 0.307 e. The van der Waals surface area contributed by atoms with Gasteiger partial charge in [-0.2, -0.15) is 10.2 Å². The number of nitrogens with zero attached hydrogens (tertiary/aromatic N) is 6. The molecule has 2 aromatic heterocycles. The number of carbonyl (C=O) groups excluding carboxylic acids is 1. The van der Waals surface area contributed by atoms with E-state index in [1.807, 2.05) is 6.92 Å². The Labute approximate surface area is 166 Å². The predicted octanol–water partition coefficient (Wildman–Crippen LogP) is 2.98. The molecule has 3 rings (SSSR count). The molecule has 0 radical (unpaired) electrons. The Bertz CT molecular complexity index is 995. The van der Waals surface area contributed by atoms with E-state index in [4.69, 9.17) is 11.6 Å². The average Bonchev–Trinajstić information content (AvgIpc) is 3.28. The molecule has 146 valence electrons. The lowest BCUT2D eigenvalue weighted by molar-refractivity contribution is -0.385. The molecule has 10 heteroatoms. The van der Waals surface area contributed by atoms with Crippen molar-refractivity contribution in [2.75, 3.05) is 7.05 Å². The van der Waals surface area contributed by atoms with E-state index in [0.717, 1.165) is 5.56 Å². The van der Waals surface area contributed by atoms with Gasteiger partial charge in [0.1, 0.15) is 18.1 Å². The highest BCUT2D eigenvalue weighted by molar-refractivity contribution is 6.31. The van der Waals surface area contributed by atoms with Gasteiger partial charge in [0, 0.05) is 25.4 Å². The molecule has 9 nitrogen and oxygen atoms in total. The molecule has 1 aromatic carbocycles. The number of hydrogen-bond donors (Lipinski definition) is 0. The Morgan fingerprint density at radius 1 is 1.25 bits per heavy atom. The lowest BCUT2D eigenvalue weighted by Gasteiger charge is -2.16. The minimum absolute atomic E-state index is 0.0578. The van der Waals surface area contributed by atoms with E-state index >= 15 is 0 Å². The van der Waals surface area contributed by atoms with Crippen LogP contribution in [0.1, 0.15) is 28.5 Å². The number of benzene rings is 1. The molecule has 0 unspecified atom stereocenters. The van der Waals surface area contributed by atoms with Crippen molar-refractivity contribution in [2.24, 2.45) is 0 Å². The van der Waals surface area contributed by atoms with Crippen LogP contribution in [0, 0.1) is 10.1 Å². The lowest BCUT2D eigenvalue weighted by atomic mass is 10.1. The largest absolute Gasteiger partial charge is 0.336 e. The Morgan fingerprint density at radius 2 is 1.96 bits per heavy atom. The number of amides is 1. The van der Waals surface area contributed by atoms with Crippen molar-refractivity contribution >= 4 is 23.2 Å². The Balaban J connectivity index is 1.65. The van der Waals surface area contributed by atoms with Crippen LogP contribution >= 0.6 is 11.6 Å². The summed E-state index contributed by atoms with van der Waals surface area (Å²) in [7, 11) is 1.69. The first-order chi connectivity index (χ1) is 13.4. The maximum atomic E-state index is 12.6. The van der Waals surface area contributed by atoms with Crippen molar-refractivity contribution in [2.45, 2.75) is 26.6 Å². The SMILES string of the molecule is CCn1cc(Cl)c(CN(C)C(=O)c2ccc(Cn3cc([N+](=O)[O-])cn3)cc2)n1. The van der Waals surface area contributed by atoms with E-state index < -0.39 is 4.92 Å². The van der Waals surface area contributed by atoms with Crippen molar-refractivity contribution in [3.63, 3.8) is 0 Å². The summed E-state index contributed by atoms with van der Waals surface area (Å²) in [5, 5.41) is 19.6. The third-order valence-electron chi connectivity index (χ3n) is 4.22. The number of carbonyl (C=O) groups is 1. The van der Waals surface area contributed by atoms with Gasteiger partial charge in [-0.05, 0) is 24.6 Å². The highest BCUT2D eigenvalue weighted by Gasteiger charge is 2.16. The summed E-state index contributed by atoms with van der Waals surface area (Å²) in [5.41, 5.74) is 2.00. The van der Waals surface area contributed by atoms with Gasteiger partial charge in [0.2, 0.25) is 0 Å². The molecular weight excluding hydrogens is 384 g/mol. The molecule has 1 amide bonds. The van der Waals surface area contributed by atoms with Gasteiger partial charge >= 0.3 is 5.69 Å². The summed E-state index contributed by atoms with van der Waals surface area (Å²) in [6, 6.07) is 7.04. The van der Waals surface area contributed by atoms with Gasteiger partial charge in [-0.25, -0.2) is 0 Å². The minimum atomic E-state index is -0.489. The van der Waals surface area contributed by atoms with E-state index in [-0.39, 0.29) is 11.6 Å². The zero-order valence-electron chi connectivity index (χ0n) is 15.4. The van der Waals surface area contributed by atoms with Crippen molar-refractivity contribution in [1.82, 2.24) is 24.5 Å². The minimum Gasteiger partial charge on any atom is -0.336 e. The zero-order chi connectivity index (χ0) is 20.3. The highest BCUT2D eigenvalue weighted by Crippen LogP contribution is 2.17. The monoisotopic (exact) mass is 402 g/mol. The molecule has 28 heavy (non-hydrogen) atoms. The fourth-order valence-electron chi connectivity index (χ4n) is 2.70. The second-order valence-electron chi connectivity index (χ2n) is 6.29. The van der Waals surface area contributed by atoms with E-state index in [0.29, 0.717) is 35.9 Å². The van der Waals surface area contributed by atoms with Crippen LogP contribution in [0.25, 0.3) is 0 Å². The fraction of sp³-hybridized carbons (Fsp3) is 0.278. The first kappa shape index (κ1) is 19.6. The number of rotatable bonds is 7. The summed E-state index contributed by atoms with van der Waals surface area (Å²) in [6.07, 6.45) is 4.31. The van der Waals surface area contributed by atoms with Crippen LogP contribution in [0.2, 0.25) is 5.02 Å². The molecule has 0 spiro atoms. The van der Waals surface area contributed by atoms with Crippen LogP contribution in [-0.4, -0.2) is 42.3 Å². The van der Waals surface area contributed by atoms with Crippen molar-refractivity contribution in [1.29, 1.82) is 0 Å². The average molecular weight is 403 g/mol. The van der Waals surface area contributed by atoms with E-state index in [9.17, 15) is 14.9 Å². The standard InChI is InChI=1S/C18H19ClN6O3/c1-3-23-11-16(19)17(21-23)12-22(2)18(26)14-6-4-13(5-7-14)9-24-10-15(8-20-24)25(27)28/h4-8,10-11H,3,9,12H2,1-2H3. The highest BCUT2D eigenvalue weighted by atomic mass is 35.5. The lowest BCUT2D eigenvalue weighted by Crippen LogP contribution is -2.26. The molecule has 0 aliphatic rings. The summed E-state index contributed by atoms with van der Waals surface area (Å²) in [4.78, 5) is 24.4. The van der Waals surface area contributed by atoms with Gasteiger partial charge in [0.25, 0.3) is 5.91 Å². The maximum Gasteiger partial charge on any atom is 0.307 e. The van der Waals surface area contributed by atoms with Crippen LogP contribution in [0.3, 0.4) is 0 Å². The van der Waals surface area contributed by atoms with Crippen LogP contribution in [0.15, 0.2) is 42.9 Å². The first-order valence-electron chi connectivity index (χ1n) is 8.60. The van der Waals surface area contributed by atoms with Crippen molar-refractivity contribution in [3.05, 3.63) is 74.8 Å². The van der Waals surface area contributed by atoms with Crippen LogP contribution in [0.4, 0.5) is 5.69 Å². The number of aromatic nitrogens is 4. The predicted molar refractivity (Wildman–Crippen MR) is 103 cm³/mol. The Morgan fingerprint density at radius 3 is 2.54 bits per heavy atom. The van der Waals surface area contributed by atoms with Gasteiger partial charge in [0.15, 0.2) is 0 Å². The molecule has 0 aliphatic carbocycles.